The highest BCUT2D eigenvalue weighted by Gasteiger charge is 2.21. The van der Waals surface area contributed by atoms with Crippen molar-refractivity contribution >= 4 is 34.1 Å². The van der Waals surface area contributed by atoms with Crippen LogP contribution in [0.4, 0.5) is 21.9 Å². The van der Waals surface area contributed by atoms with Crippen molar-refractivity contribution in [1.29, 1.82) is 0 Å². The summed E-state index contributed by atoms with van der Waals surface area (Å²) < 4.78 is 3.58. The molecule has 3 aromatic rings. The van der Waals surface area contributed by atoms with Gasteiger partial charge in [0.2, 0.25) is 0 Å². The number of rotatable bonds is 6. The van der Waals surface area contributed by atoms with Crippen LogP contribution in [0, 0.1) is 0 Å². The maximum Gasteiger partial charge on any atom is 0.329 e. The van der Waals surface area contributed by atoms with E-state index in [9.17, 15) is 9.59 Å². The Morgan fingerprint density at radius 3 is 2.09 bits per heavy atom. The second-order valence-electron chi connectivity index (χ2n) is 8.31. The molecule has 2 aromatic carbocycles. The van der Waals surface area contributed by atoms with Gasteiger partial charge in [0.05, 0.1) is 22.4 Å². The van der Waals surface area contributed by atoms with Gasteiger partial charge in [-0.1, -0.05) is 19.1 Å². The standard InChI is InChI=1S/C25H33N5O2/c1-4-18-10-12-19(13-11-18)26-24(31)27-20-16-22-23(30(6-3)25(32)29(22)5-2)17-21(20)28-14-8-7-9-15-28/h10-13,16-17H,4-9,14-15H2,1-3H3,(H2,26,27,31). The van der Waals surface area contributed by atoms with Crippen molar-refractivity contribution in [2.24, 2.45) is 0 Å². The molecule has 0 atom stereocenters. The summed E-state index contributed by atoms with van der Waals surface area (Å²) >= 11 is 0. The Balaban J connectivity index is 1.71. The van der Waals surface area contributed by atoms with Crippen LogP contribution in [0.25, 0.3) is 11.0 Å². The minimum absolute atomic E-state index is 0.00721. The molecular formula is C25H33N5O2. The number of fused-ring (bicyclic) bond motifs is 1. The number of hydrogen-bond donors (Lipinski definition) is 2. The summed E-state index contributed by atoms with van der Waals surface area (Å²) in [5.74, 6) is 0. The van der Waals surface area contributed by atoms with Crippen molar-refractivity contribution in [1.82, 2.24) is 9.13 Å². The first kappa shape index (κ1) is 22.0. The molecule has 1 aromatic heterocycles. The van der Waals surface area contributed by atoms with Gasteiger partial charge in [-0.2, -0.15) is 0 Å². The molecule has 1 fully saturated rings. The van der Waals surface area contributed by atoms with Gasteiger partial charge in [0.25, 0.3) is 0 Å². The second kappa shape index (κ2) is 9.51. The van der Waals surface area contributed by atoms with E-state index in [-0.39, 0.29) is 11.7 Å². The number of aromatic nitrogens is 2. The van der Waals surface area contributed by atoms with E-state index in [2.05, 4.69) is 28.5 Å². The number of hydrogen-bond acceptors (Lipinski definition) is 3. The summed E-state index contributed by atoms with van der Waals surface area (Å²) in [5, 5.41) is 5.99. The number of aryl methyl sites for hydroxylation is 3. The Labute approximate surface area is 189 Å². The van der Waals surface area contributed by atoms with Gasteiger partial charge < -0.3 is 15.5 Å². The van der Waals surface area contributed by atoms with Crippen LogP contribution in [0.3, 0.4) is 0 Å². The molecule has 7 heteroatoms. The van der Waals surface area contributed by atoms with Crippen LogP contribution in [-0.2, 0) is 19.5 Å². The van der Waals surface area contributed by atoms with Crippen LogP contribution in [0.1, 0.15) is 45.6 Å². The number of imidazole rings is 1. The first-order chi connectivity index (χ1) is 15.5. The van der Waals surface area contributed by atoms with E-state index in [1.807, 2.05) is 48.7 Å². The third-order valence-electron chi connectivity index (χ3n) is 6.33. The van der Waals surface area contributed by atoms with Crippen molar-refractivity contribution in [3.63, 3.8) is 0 Å². The fourth-order valence-corrected chi connectivity index (χ4v) is 4.57. The third kappa shape index (κ3) is 4.24. The van der Waals surface area contributed by atoms with E-state index in [1.165, 1.54) is 12.0 Å². The van der Waals surface area contributed by atoms with Gasteiger partial charge >= 0.3 is 11.7 Å². The van der Waals surface area contributed by atoms with Crippen LogP contribution >= 0.6 is 0 Å². The van der Waals surface area contributed by atoms with Crippen LogP contribution in [-0.4, -0.2) is 28.3 Å². The van der Waals surface area contributed by atoms with Crippen LogP contribution in [0.15, 0.2) is 41.2 Å². The van der Waals surface area contributed by atoms with Gasteiger partial charge in [-0.3, -0.25) is 9.13 Å². The molecule has 1 saturated heterocycles. The van der Waals surface area contributed by atoms with Crippen molar-refractivity contribution in [2.75, 3.05) is 28.6 Å². The summed E-state index contributed by atoms with van der Waals surface area (Å²) in [5.41, 5.74) is 5.45. The minimum Gasteiger partial charge on any atom is -0.370 e. The second-order valence-corrected chi connectivity index (χ2v) is 8.31. The van der Waals surface area contributed by atoms with E-state index >= 15 is 0 Å². The first-order valence-electron chi connectivity index (χ1n) is 11.7. The number of piperidine rings is 1. The van der Waals surface area contributed by atoms with Crippen molar-refractivity contribution < 1.29 is 4.79 Å². The summed E-state index contributed by atoms with van der Waals surface area (Å²) in [7, 11) is 0. The maximum absolute atomic E-state index is 12.9. The molecule has 0 saturated carbocycles. The molecular weight excluding hydrogens is 402 g/mol. The van der Waals surface area contributed by atoms with E-state index in [1.54, 1.807) is 4.57 Å². The van der Waals surface area contributed by atoms with E-state index < -0.39 is 0 Å². The fraction of sp³-hybridized carbons (Fsp3) is 0.440. The van der Waals surface area contributed by atoms with E-state index in [0.717, 1.165) is 60.4 Å². The zero-order valence-electron chi connectivity index (χ0n) is 19.3. The highest BCUT2D eigenvalue weighted by atomic mass is 16.2. The predicted molar refractivity (Wildman–Crippen MR) is 132 cm³/mol. The Hall–Kier alpha value is -3.22. The molecule has 2 amide bonds. The Bertz CT molecular complexity index is 1150. The number of benzene rings is 2. The predicted octanol–water partition coefficient (Wildman–Crippen LogP) is 5.04. The number of nitrogens with one attached hydrogen (secondary N) is 2. The smallest absolute Gasteiger partial charge is 0.329 e. The average Bonchev–Trinajstić information content (AvgIpc) is 3.08. The lowest BCUT2D eigenvalue weighted by Crippen LogP contribution is -2.31. The molecule has 1 aliphatic heterocycles. The number of carbonyl (C=O) groups excluding carboxylic acids is 1. The number of urea groups is 1. The molecule has 170 valence electrons. The Morgan fingerprint density at radius 1 is 0.875 bits per heavy atom. The van der Waals surface area contributed by atoms with Crippen LogP contribution in [0.5, 0.6) is 0 Å². The van der Waals surface area contributed by atoms with Crippen LogP contribution in [0.2, 0.25) is 0 Å². The lowest BCUT2D eigenvalue weighted by Gasteiger charge is -2.30. The van der Waals surface area contributed by atoms with Gasteiger partial charge in [-0.05, 0) is 69.4 Å². The largest absolute Gasteiger partial charge is 0.370 e. The fourth-order valence-electron chi connectivity index (χ4n) is 4.57. The van der Waals surface area contributed by atoms with Crippen LogP contribution < -0.4 is 21.2 Å². The molecule has 7 nitrogen and oxygen atoms in total. The number of nitrogens with zero attached hydrogens (tertiary/aromatic N) is 3. The number of amides is 2. The quantitative estimate of drug-likeness (QED) is 0.570. The number of anilines is 3. The maximum atomic E-state index is 12.9. The minimum atomic E-state index is -0.285. The van der Waals surface area contributed by atoms with E-state index in [4.69, 9.17) is 0 Å². The third-order valence-corrected chi connectivity index (χ3v) is 6.33. The van der Waals surface area contributed by atoms with Gasteiger partial charge in [-0.15, -0.1) is 0 Å². The molecule has 0 aliphatic carbocycles. The van der Waals surface area contributed by atoms with Crippen molar-refractivity contribution in [3.05, 3.63) is 52.4 Å². The zero-order chi connectivity index (χ0) is 22.7. The zero-order valence-corrected chi connectivity index (χ0v) is 19.3. The summed E-state index contributed by atoms with van der Waals surface area (Å²) in [6.45, 7) is 9.17. The molecule has 0 bridgehead atoms. The molecule has 0 spiro atoms. The molecule has 1 aliphatic rings. The lowest BCUT2D eigenvalue weighted by molar-refractivity contribution is 0.262. The monoisotopic (exact) mass is 435 g/mol. The molecule has 4 rings (SSSR count). The van der Waals surface area contributed by atoms with Gasteiger partial charge in [-0.25, -0.2) is 9.59 Å². The Kier molecular flexibility index (Phi) is 6.53. The molecule has 0 radical (unpaired) electrons. The van der Waals surface area contributed by atoms with Gasteiger partial charge in [0.1, 0.15) is 0 Å². The van der Waals surface area contributed by atoms with Gasteiger partial charge in [0, 0.05) is 31.9 Å². The topological polar surface area (TPSA) is 71.3 Å². The van der Waals surface area contributed by atoms with Crippen molar-refractivity contribution in [2.45, 2.75) is 59.5 Å². The molecule has 32 heavy (non-hydrogen) atoms. The summed E-state index contributed by atoms with van der Waals surface area (Å²) in [6.07, 6.45) is 4.44. The first-order valence-corrected chi connectivity index (χ1v) is 11.7. The normalized spacial score (nSPS) is 14.0. The molecule has 2 heterocycles. The lowest BCUT2D eigenvalue weighted by atomic mass is 10.1. The molecule has 2 N–H and O–H groups in total. The average molecular weight is 436 g/mol. The highest BCUT2D eigenvalue weighted by molar-refractivity contribution is 6.04. The van der Waals surface area contributed by atoms with E-state index in [0.29, 0.717) is 13.1 Å². The highest BCUT2D eigenvalue weighted by Crippen LogP contribution is 2.33. The van der Waals surface area contributed by atoms with Crippen molar-refractivity contribution in [3.8, 4) is 0 Å². The van der Waals surface area contributed by atoms with Gasteiger partial charge in [0.15, 0.2) is 0 Å². The Morgan fingerprint density at radius 2 is 1.50 bits per heavy atom. The summed E-state index contributed by atoms with van der Waals surface area (Å²) in [6, 6.07) is 11.6. The number of carbonyl (C=O) groups is 1. The summed E-state index contributed by atoms with van der Waals surface area (Å²) in [4.78, 5) is 28.1. The SMILES string of the molecule is CCc1ccc(NC(=O)Nc2cc3c(cc2N2CCCCC2)n(CC)c(=O)n3CC)cc1. The molecule has 0 unspecified atom stereocenters.